The lowest BCUT2D eigenvalue weighted by Crippen LogP contribution is -2.46. The Kier molecular flexibility index (Phi) is 6.91. The first-order valence-electron chi connectivity index (χ1n) is 7.72. The Balaban J connectivity index is 2.54. The quantitative estimate of drug-likeness (QED) is 0.719. The summed E-state index contributed by atoms with van der Waals surface area (Å²) in [5, 5.41) is 8.09. The molecule has 7 nitrogen and oxygen atoms in total. The van der Waals surface area contributed by atoms with Crippen molar-refractivity contribution in [3.8, 4) is 0 Å². The molecule has 7 heteroatoms. The lowest BCUT2D eigenvalue weighted by molar-refractivity contribution is -0.124. The van der Waals surface area contributed by atoms with E-state index in [2.05, 4.69) is 16.0 Å². The topological polar surface area (TPSA) is 90.5 Å². The lowest BCUT2D eigenvalue weighted by Gasteiger charge is -2.23. The number of amides is 3. The van der Waals surface area contributed by atoms with E-state index in [0.717, 1.165) is 0 Å². The first kappa shape index (κ1) is 19.6. The summed E-state index contributed by atoms with van der Waals surface area (Å²) in [5.74, 6) is -0.614. The Morgan fingerprint density at radius 3 is 2.29 bits per heavy atom. The van der Waals surface area contributed by atoms with Crippen molar-refractivity contribution in [3.05, 3.63) is 29.8 Å². The Bertz CT molecular complexity index is 608. The maximum Gasteiger partial charge on any atom is 0.251 e. The Hall–Kier alpha value is -2.41. The highest BCUT2D eigenvalue weighted by Gasteiger charge is 2.16. The molecule has 0 aromatic heterocycles. The monoisotopic (exact) mass is 334 g/mol. The predicted octanol–water partition coefficient (Wildman–Crippen LogP) is 0.831. The van der Waals surface area contributed by atoms with E-state index in [-0.39, 0.29) is 36.3 Å². The van der Waals surface area contributed by atoms with E-state index >= 15 is 0 Å². The molecule has 3 N–H and O–H groups in total. The second kappa shape index (κ2) is 8.44. The summed E-state index contributed by atoms with van der Waals surface area (Å²) in [6.07, 6.45) is 0. The second-order valence-corrected chi connectivity index (χ2v) is 6.68. The second-order valence-electron chi connectivity index (χ2n) is 6.68. The van der Waals surface area contributed by atoms with Gasteiger partial charge in [-0.1, -0.05) is 6.07 Å². The average molecular weight is 334 g/mol. The molecule has 0 spiro atoms. The predicted molar refractivity (Wildman–Crippen MR) is 93.9 cm³/mol. The number of nitrogens with zero attached hydrogens (tertiary/aromatic N) is 1. The van der Waals surface area contributed by atoms with Crippen LogP contribution in [0.1, 0.15) is 31.1 Å². The van der Waals surface area contributed by atoms with Gasteiger partial charge in [-0.2, -0.15) is 0 Å². The zero-order chi connectivity index (χ0) is 18.3. The summed E-state index contributed by atoms with van der Waals surface area (Å²) < 4.78 is 0. The van der Waals surface area contributed by atoms with E-state index in [1.165, 1.54) is 0 Å². The number of anilines is 1. The summed E-state index contributed by atoms with van der Waals surface area (Å²) in [6, 6.07) is 6.66. The zero-order valence-electron chi connectivity index (χ0n) is 14.9. The van der Waals surface area contributed by atoms with Gasteiger partial charge in [0.15, 0.2) is 0 Å². The first-order valence-corrected chi connectivity index (χ1v) is 7.72. The smallest absolute Gasteiger partial charge is 0.251 e. The van der Waals surface area contributed by atoms with Crippen LogP contribution < -0.4 is 16.0 Å². The van der Waals surface area contributed by atoms with Crippen molar-refractivity contribution in [1.82, 2.24) is 15.5 Å². The van der Waals surface area contributed by atoms with Crippen LogP contribution in [0, 0.1) is 0 Å². The highest BCUT2D eigenvalue weighted by Crippen LogP contribution is 2.10. The van der Waals surface area contributed by atoms with Crippen molar-refractivity contribution in [2.75, 3.05) is 32.5 Å². The molecule has 24 heavy (non-hydrogen) atoms. The average Bonchev–Trinajstić information content (AvgIpc) is 2.43. The van der Waals surface area contributed by atoms with Crippen LogP contribution in [0.5, 0.6) is 0 Å². The number of benzene rings is 1. The third-order valence-corrected chi connectivity index (χ3v) is 2.98. The van der Waals surface area contributed by atoms with Gasteiger partial charge in [0.05, 0.1) is 13.1 Å². The fourth-order valence-corrected chi connectivity index (χ4v) is 2.09. The molecule has 3 amide bonds. The number of nitrogens with one attached hydrogen (secondary N) is 3. The highest BCUT2D eigenvalue weighted by atomic mass is 16.2. The molecule has 0 saturated carbocycles. The number of hydrogen-bond donors (Lipinski definition) is 3. The molecule has 0 fully saturated rings. The molecule has 0 saturated heterocycles. The first-order chi connectivity index (χ1) is 11.1. The summed E-state index contributed by atoms with van der Waals surface area (Å²) in [4.78, 5) is 37.1. The molecule has 1 aromatic rings. The highest BCUT2D eigenvalue weighted by molar-refractivity contribution is 5.97. The van der Waals surface area contributed by atoms with Crippen LogP contribution in [0.15, 0.2) is 24.3 Å². The minimum atomic E-state index is -0.305. The summed E-state index contributed by atoms with van der Waals surface area (Å²) in [6.45, 7) is 5.90. The van der Waals surface area contributed by atoms with Crippen molar-refractivity contribution in [3.63, 3.8) is 0 Å². The van der Waals surface area contributed by atoms with E-state index in [1.807, 2.05) is 20.8 Å². The van der Waals surface area contributed by atoms with Crippen molar-refractivity contribution in [2.24, 2.45) is 0 Å². The fourth-order valence-electron chi connectivity index (χ4n) is 2.09. The van der Waals surface area contributed by atoms with Gasteiger partial charge in [-0.05, 0) is 46.0 Å². The molecule has 0 radical (unpaired) electrons. The molecule has 1 aromatic carbocycles. The van der Waals surface area contributed by atoms with E-state index < -0.39 is 0 Å². The molecule has 0 aliphatic heterocycles. The van der Waals surface area contributed by atoms with Gasteiger partial charge in [0.25, 0.3) is 5.91 Å². The van der Waals surface area contributed by atoms with Crippen molar-refractivity contribution >= 4 is 23.4 Å². The fraction of sp³-hybridized carbons (Fsp3) is 0.471. The third kappa shape index (κ3) is 7.23. The van der Waals surface area contributed by atoms with Gasteiger partial charge < -0.3 is 16.0 Å². The molecule has 0 atom stereocenters. The Morgan fingerprint density at radius 1 is 1.08 bits per heavy atom. The Morgan fingerprint density at radius 2 is 1.71 bits per heavy atom. The molecule has 0 aliphatic rings. The molecular weight excluding hydrogens is 308 g/mol. The van der Waals surface area contributed by atoms with E-state index in [9.17, 15) is 14.4 Å². The molecule has 1 rings (SSSR count). The van der Waals surface area contributed by atoms with E-state index in [1.54, 1.807) is 43.3 Å². The molecular formula is C17H26N4O3. The van der Waals surface area contributed by atoms with Crippen LogP contribution in [-0.2, 0) is 9.59 Å². The molecule has 0 aliphatic carbocycles. The summed E-state index contributed by atoms with van der Waals surface area (Å²) in [7, 11) is 3.24. The summed E-state index contributed by atoms with van der Waals surface area (Å²) in [5.41, 5.74) is 0.697. The molecule has 132 valence electrons. The lowest BCUT2D eigenvalue weighted by atomic mass is 10.1. The van der Waals surface area contributed by atoms with Gasteiger partial charge in [0, 0.05) is 23.8 Å². The molecule has 0 bridgehead atoms. The number of hydrogen-bond acceptors (Lipinski definition) is 4. The van der Waals surface area contributed by atoms with Crippen LogP contribution in [0.3, 0.4) is 0 Å². The van der Waals surface area contributed by atoms with E-state index in [0.29, 0.717) is 11.3 Å². The maximum absolute atomic E-state index is 12.1. The maximum atomic E-state index is 12.1. The minimum Gasteiger partial charge on any atom is -0.355 e. The van der Waals surface area contributed by atoms with Crippen molar-refractivity contribution in [1.29, 1.82) is 0 Å². The standard InChI is InChI=1S/C17H26N4O3/c1-17(2,3)20-15(23)11-21(5)10-14(22)19-13-8-6-7-12(9-13)16(24)18-4/h6-9H,10-11H2,1-5H3,(H,18,24)(H,19,22)(H,20,23). The summed E-state index contributed by atoms with van der Waals surface area (Å²) >= 11 is 0. The Labute approximate surface area is 142 Å². The molecule has 0 heterocycles. The molecule has 0 unspecified atom stereocenters. The largest absolute Gasteiger partial charge is 0.355 e. The number of rotatable bonds is 6. The number of carbonyl (C=O) groups excluding carboxylic acids is 3. The normalized spacial score (nSPS) is 11.1. The van der Waals surface area contributed by atoms with Gasteiger partial charge in [0.1, 0.15) is 0 Å². The van der Waals surface area contributed by atoms with Gasteiger partial charge >= 0.3 is 0 Å². The van der Waals surface area contributed by atoms with Crippen LogP contribution in [0.25, 0.3) is 0 Å². The van der Waals surface area contributed by atoms with Crippen LogP contribution in [-0.4, -0.2) is 55.3 Å². The van der Waals surface area contributed by atoms with Crippen molar-refractivity contribution in [2.45, 2.75) is 26.3 Å². The van der Waals surface area contributed by atoms with Crippen LogP contribution in [0.4, 0.5) is 5.69 Å². The van der Waals surface area contributed by atoms with Crippen LogP contribution >= 0.6 is 0 Å². The van der Waals surface area contributed by atoms with Gasteiger partial charge in [-0.15, -0.1) is 0 Å². The SMILES string of the molecule is CNC(=O)c1cccc(NC(=O)CN(C)CC(=O)NC(C)(C)C)c1. The number of likely N-dealkylation sites (N-methyl/N-ethyl adjacent to an activating group) is 1. The van der Waals surface area contributed by atoms with Gasteiger partial charge in [-0.25, -0.2) is 0 Å². The van der Waals surface area contributed by atoms with Gasteiger partial charge in [0.2, 0.25) is 11.8 Å². The number of carbonyl (C=O) groups is 3. The third-order valence-electron chi connectivity index (χ3n) is 2.98. The van der Waals surface area contributed by atoms with Crippen LogP contribution in [0.2, 0.25) is 0 Å². The minimum absolute atomic E-state index is 0.0712. The van der Waals surface area contributed by atoms with E-state index in [4.69, 9.17) is 0 Å². The van der Waals surface area contributed by atoms with Crippen molar-refractivity contribution < 1.29 is 14.4 Å². The van der Waals surface area contributed by atoms with Gasteiger partial charge in [-0.3, -0.25) is 19.3 Å². The zero-order valence-corrected chi connectivity index (χ0v) is 14.9.